The van der Waals surface area contributed by atoms with Crippen LogP contribution in [0.2, 0.25) is 5.54 Å². The lowest BCUT2D eigenvalue weighted by molar-refractivity contribution is -0.106. The van der Waals surface area contributed by atoms with E-state index in [1.165, 1.54) is 10.2 Å². The van der Waals surface area contributed by atoms with Crippen LogP contribution in [-0.4, -0.2) is 30.8 Å². The maximum Gasteiger partial charge on any atom is 0.156 e. The quantitative estimate of drug-likeness (QED) is 0.428. The molecule has 0 aliphatic heterocycles. The second-order valence-corrected chi connectivity index (χ2v) is 4.16. The van der Waals surface area contributed by atoms with Gasteiger partial charge >= 0.3 is 0 Å². The Balaban J connectivity index is 3.41. The fourth-order valence-corrected chi connectivity index (χ4v) is 1.12. The second kappa shape index (κ2) is 5.89. The first-order chi connectivity index (χ1) is 4.74. The van der Waals surface area contributed by atoms with E-state index >= 15 is 0 Å². The third kappa shape index (κ3) is 4.03. The van der Waals surface area contributed by atoms with Gasteiger partial charge in [-0.3, -0.25) is 0 Å². The molecule has 0 aliphatic rings. The van der Waals surface area contributed by atoms with Gasteiger partial charge in [0, 0.05) is 24.5 Å². The van der Waals surface area contributed by atoms with Crippen LogP contribution < -0.4 is 0 Å². The Kier molecular flexibility index (Phi) is 5.97. The molecule has 0 aromatic heterocycles. The molecule has 0 aromatic rings. The number of ether oxygens (including phenoxy) is 2. The van der Waals surface area contributed by atoms with E-state index in [1.54, 1.807) is 14.2 Å². The molecule has 0 saturated carbocycles. The van der Waals surface area contributed by atoms with Crippen molar-refractivity contribution in [3.63, 3.8) is 0 Å². The van der Waals surface area contributed by atoms with Crippen LogP contribution in [0.1, 0.15) is 12.8 Å². The van der Waals surface area contributed by atoms with Crippen LogP contribution >= 0.6 is 0 Å². The number of rotatable bonds is 5. The molecular weight excluding hydrogens is 144 g/mol. The van der Waals surface area contributed by atoms with Crippen LogP contribution in [0.3, 0.4) is 0 Å². The van der Waals surface area contributed by atoms with Crippen LogP contribution in [0.15, 0.2) is 0 Å². The lowest BCUT2D eigenvalue weighted by atomic mass is 10.2. The standard InChI is InChI=1S/C7H17O2Si/c1-4-6(10)5-7(8-2)9-3/h6-7H,1,4-5H2,2-3,10H3. The van der Waals surface area contributed by atoms with E-state index in [0.717, 1.165) is 12.8 Å². The third-order valence-corrected chi connectivity index (χ3v) is 2.66. The zero-order valence-electron chi connectivity index (χ0n) is 7.09. The molecule has 0 bridgehead atoms. The average molecular weight is 161 g/mol. The van der Waals surface area contributed by atoms with Gasteiger partial charge in [-0.15, -0.1) is 0 Å². The lowest BCUT2D eigenvalue weighted by Gasteiger charge is -2.16. The largest absolute Gasteiger partial charge is 0.356 e. The van der Waals surface area contributed by atoms with Crippen molar-refractivity contribution in [2.45, 2.75) is 24.7 Å². The molecule has 0 fully saturated rings. The predicted molar refractivity (Wildman–Crippen MR) is 46.1 cm³/mol. The molecule has 10 heavy (non-hydrogen) atoms. The van der Waals surface area contributed by atoms with Crippen molar-refractivity contribution in [3.8, 4) is 0 Å². The minimum absolute atomic E-state index is 0.0238. The Morgan fingerprint density at radius 1 is 1.40 bits per heavy atom. The van der Waals surface area contributed by atoms with Crippen molar-refractivity contribution in [2.24, 2.45) is 0 Å². The fourth-order valence-electron chi connectivity index (χ4n) is 0.735. The van der Waals surface area contributed by atoms with Crippen molar-refractivity contribution < 1.29 is 9.47 Å². The summed E-state index contributed by atoms with van der Waals surface area (Å²) < 4.78 is 10.1. The van der Waals surface area contributed by atoms with Crippen LogP contribution in [0.4, 0.5) is 0 Å². The third-order valence-electron chi connectivity index (χ3n) is 1.61. The highest BCUT2D eigenvalue weighted by Gasteiger charge is 2.08. The van der Waals surface area contributed by atoms with E-state index in [-0.39, 0.29) is 6.29 Å². The fraction of sp³-hybridized carbons (Fsp3) is 0.857. The van der Waals surface area contributed by atoms with Gasteiger partial charge in [0.2, 0.25) is 0 Å². The SMILES string of the molecule is [CH2]CC([SiH3])CC(OC)OC. The maximum atomic E-state index is 5.04. The van der Waals surface area contributed by atoms with E-state index in [2.05, 4.69) is 6.92 Å². The van der Waals surface area contributed by atoms with E-state index in [9.17, 15) is 0 Å². The summed E-state index contributed by atoms with van der Waals surface area (Å²) in [7, 11) is 4.52. The smallest absolute Gasteiger partial charge is 0.156 e. The molecule has 1 atom stereocenters. The topological polar surface area (TPSA) is 18.5 Å². The lowest BCUT2D eigenvalue weighted by Crippen LogP contribution is -2.15. The minimum atomic E-state index is -0.0238. The summed E-state index contributed by atoms with van der Waals surface area (Å²) in [5, 5.41) is 0. The minimum Gasteiger partial charge on any atom is -0.356 e. The van der Waals surface area contributed by atoms with E-state index in [1.807, 2.05) is 0 Å². The summed E-state index contributed by atoms with van der Waals surface area (Å²) >= 11 is 0. The molecule has 1 unspecified atom stereocenters. The number of hydrogen-bond acceptors (Lipinski definition) is 2. The zero-order valence-corrected chi connectivity index (χ0v) is 9.09. The molecule has 3 heteroatoms. The molecule has 0 N–H and O–H groups in total. The highest BCUT2D eigenvalue weighted by molar-refractivity contribution is 6.11. The Morgan fingerprint density at radius 2 is 1.90 bits per heavy atom. The van der Waals surface area contributed by atoms with Crippen LogP contribution in [0.5, 0.6) is 0 Å². The first kappa shape index (κ1) is 10.1. The summed E-state index contributed by atoms with van der Waals surface area (Å²) in [6.07, 6.45) is 1.96. The van der Waals surface area contributed by atoms with E-state index in [4.69, 9.17) is 9.47 Å². The van der Waals surface area contributed by atoms with Crippen molar-refractivity contribution in [2.75, 3.05) is 14.2 Å². The summed E-state index contributed by atoms with van der Waals surface area (Å²) in [6.45, 7) is 3.83. The summed E-state index contributed by atoms with van der Waals surface area (Å²) in [6, 6.07) is 0. The first-order valence-electron chi connectivity index (χ1n) is 3.59. The van der Waals surface area contributed by atoms with Gasteiger partial charge < -0.3 is 9.47 Å². The van der Waals surface area contributed by atoms with Crippen LogP contribution in [-0.2, 0) is 9.47 Å². The second-order valence-electron chi connectivity index (χ2n) is 2.53. The molecule has 0 aliphatic carbocycles. The molecule has 1 radical (unpaired) electrons. The van der Waals surface area contributed by atoms with Crippen molar-refractivity contribution in [1.29, 1.82) is 0 Å². The molecule has 0 heterocycles. The molecule has 61 valence electrons. The van der Waals surface area contributed by atoms with Crippen LogP contribution in [0, 0.1) is 6.92 Å². The van der Waals surface area contributed by atoms with Gasteiger partial charge in [-0.05, 0) is 12.0 Å². The summed E-state index contributed by atoms with van der Waals surface area (Å²) in [5.41, 5.74) is 0.713. The molecule has 0 amide bonds. The first-order valence-corrected chi connectivity index (χ1v) is 4.74. The number of methoxy groups -OCH3 is 2. The van der Waals surface area contributed by atoms with E-state index in [0.29, 0.717) is 5.54 Å². The zero-order chi connectivity index (χ0) is 7.98. The monoisotopic (exact) mass is 161 g/mol. The summed E-state index contributed by atoms with van der Waals surface area (Å²) in [4.78, 5) is 0. The molecule has 0 spiro atoms. The average Bonchev–Trinajstić information content (AvgIpc) is 1.99. The van der Waals surface area contributed by atoms with Gasteiger partial charge in [-0.1, -0.05) is 13.3 Å². The molecule has 2 nitrogen and oxygen atoms in total. The highest BCUT2D eigenvalue weighted by atomic mass is 28.1. The van der Waals surface area contributed by atoms with Gasteiger partial charge in [0.15, 0.2) is 6.29 Å². The Bertz CT molecular complexity index is 74.0. The van der Waals surface area contributed by atoms with Gasteiger partial charge in [-0.25, -0.2) is 0 Å². The Labute approximate surface area is 66.3 Å². The van der Waals surface area contributed by atoms with Gasteiger partial charge in [0.05, 0.1) is 0 Å². The maximum absolute atomic E-state index is 5.04. The van der Waals surface area contributed by atoms with Gasteiger partial charge in [-0.2, -0.15) is 0 Å². The van der Waals surface area contributed by atoms with Crippen molar-refractivity contribution in [1.82, 2.24) is 0 Å². The molecule has 0 saturated heterocycles. The highest BCUT2D eigenvalue weighted by Crippen LogP contribution is 2.14. The predicted octanol–water partition coefficient (Wildman–Crippen LogP) is 0.373. The number of hydrogen-bond donors (Lipinski definition) is 0. The summed E-state index contributed by atoms with van der Waals surface area (Å²) in [5.74, 6) is 0. The normalized spacial score (nSPS) is 14.4. The van der Waals surface area contributed by atoms with Crippen molar-refractivity contribution >= 4 is 10.2 Å². The molecule has 0 rings (SSSR count). The van der Waals surface area contributed by atoms with E-state index < -0.39 is 0 Å². The Morgan fingerprint density at radius 3 is 2.20 bits per heavy atom. The van der Waals surface area contributed by atoms with Crippen LogP contribution in [0.25, 0.3) is 0 Å². The Hall–Kier alpha value is 0.137. The van der Waals surface area contributed by atoms with Gasteiger partial charge in [0.1, 0.15) is 0 Å². The molecule has 0 aromatic carbocycles. The van der Waals surface area contributed by atoms with Gasteiger partial charge in [0.25, 0.3) is 0 Å². The molecular formula is C7H17O2Si. The van der Waals surface area contributed by atoms with Crippen molar-refractivity contribution in [3.05, 3.63) is 6.92 Å².